The highest BCUT2D eigenvalue weighted by Crippen LogP contribution is 2.33. The van der Waals surface area contributed by atoms with Crippen molar-refractivity contribution in [1.82, 2.24) is 15.2 Å². The molecule has 1 amide bonds. The number of aromatic nitrogens is 1. The van der Waals surface area contributed by atoms with Crippen molar-refractivity contribution in [3.05, 3.63) is 36.0 Å². The van der Waals surface area contributed by atoms with Gasteiger partial charge in [0.15, 0.2) is 0 Å². The first-order valence-corrected chi connectivity index (χ1v) is 10.1. The van der Waals surface area contributed by atoms with Crippen LogP contribution >= 0.6 is 0 Å². The second-order valence-corrected chi connectivity index (χ2v) is 7.98. The number of nitrogens with one attached hydrogen (secondary N) is 1. The lowest BCUT2D eigenvalue weighted by molar-refractivity contribution is -0.118. The number of pyridine rings is 1. The van der Waals surface area contributed by atoms with Gasteiger partial charge >= 0.3 is 0 Å². The molecule has 3 atom stereocenters. The Morgan fingerprint density at radius 2 is 2.04 bits per heavy atom. The number of rotatable bonds is 4. The topological polar surface area (TPSA) is 72.3 Å². The van der Waals surface area contributed by atoms with Crippen molar-refractivity contribution in [3.8, 4) is 6.07 Å². The van der Waals surface area contributed by atoms with Crippen LogP contribution in [-0.4, -0.2) is 55.6 Å². The predicted octanol–water partition coefficient (Wildman–Crippen LogP) is 2.82. The molecule has 2 fully saturated rings. The van der Waals surface area contributed by atoms with Gasteiger partial charge in [0.05, 0.1) is 5.56 Å². The van der Waals surface area contributed by atoms with Gasteiger partial charge in [0.25, 0.3) is 0 Å². The van der Waals surface area contributed by atoms with Crippen LogP contribution in [0.4, 0.5) is 5.82 Å². The van der Waals surface area contributed by atoms with Gasteiger partial charge in [0.1, 0.15) is 11.9 Å². The number of allylic oxidation sites excluding steroid dienone is 1. The van der Waals surface area contributed by atoms with Crippen molar-refractivity contribution in [3.63, 3.8) is 0 Å². The summed E-state index contributed by atoms with van der Waals surface area (Å²) in [7, 11) is 2.05. The van der Waals surface area contributed by atoms with Crippen LogP contribution in [0.15, 0.2) is 30.5 Å². The molecule has 1 saturated carbocycles. The summed E-state index contributed by atoms with van der Waals surface area (Å²) in [6.07, 6.45) is 6.28. The van der Waals surface area contributed by atoms with Crippen LogP contribution in [0.25, 0.3) is 0 Å². The van der Waals surface area contributed by atoms with Crippen LogP contribution in [0.5, 0.6) is 0 Å². The van der Waals surface area contributed by atoms with Crippen LogP contribution in [-0.2, 0) is 4.79 Å². The first-order valence-electron chi connectivity index (χ1n) is 10.1. The Bertz CT molecular complexity index is 673. The highest BCUT2D eigenvalue weighted by molar-refractivity contribution is 5.49. The molecule has 1 aliphatic heterocycles. The van der Waals surface area contributed by atoms with Gasteiger partial charge in [0.2, 0.25) is 6.41 Å². The molecule has 2 aliphatic rings. The summed E-state index contributed by atoms with van der Waals surface area (Å²) >= 11 is 0. The summed E-state index contributed by atoms with van der Waals surface area (Å²) in [4.78, 5) is 18.6. The molecular weight excluding hydrogens is 350 g/mol. The number of hydrogen-bond acceptors (Lipinski definition) is 5. The van der Waals surface area contributed by atoms with Crippen LogP contribution in [0.2, 0.25) is 0 Å². The van der Waals surface area contributed by atoms with Crippen LogP contribution in [0.3, 0.4) is 0 Å². The van der Waals surface area contributed by atoms with Gasteiger partial charge in [-0.05, 0) is 57.2 Å². The van der Waals surface area contributed by atoms with Crippen molar-refractivity contribution in [2.45, 2.75) is 39.2 Å². The molecule has 6 heteroatoms. The molecule has 3 unspecified atom stereocenters. The van der Waals surface area contributed by atoms with Crippen molar-refractivity contribution in [2.24, 2.45) is 11.8 Å². The lowest BCUT2D eigenvalue weighted by Gasteiger charge is -2.33. The number of nitriles is 1. The summed E-state index contributed by atoms with van der Waals surface area (Å²) in [5.41, 5.74) is 2.01. The molecule has 1 aliphatic carbocycles. The van der Waals surface area contributed by atoms with Gasteiger partial charge in [-0.25, -0.2) is 4.98 Å². The zero-order valence-corrected chi connectivity index (χ0v) is 17.4. The highest BCUT2D eigenvalue weighted by atomic mass is 16.1. The van der Waals surface area contributed by atoms with Crippen molar-refractivity contribution in [1.29, 1.82) is 5.26 Å². The van der Waals surface area contributed by atoms with E-state index in [-0.39, 0.29) is 0 Å². The fourth-order valence-electron chi connectivity index (χ4n) is 3.94. The number of carbonyl (C=O) groups is 1. The Hall–Kier alpha value is -2.39. The predicted molar refractivity (Wildman–Crippen MR) is 113 cm³/mol. The van der Waals surface area contributed by atoms with Gasteiger partial charge in [-0.1, -0.05) is 19.1 Å². The maximum absolute atomic E-state index is 10.5. The van der Waals surface area contributed by atoms with E-state index in [1.165, 1.54) is 24.8 Å². The molecule has 0 aromatic carbocycles. The van der Waals surface area contributed by atoms with Gasteiger partial charge in [-0.3, -0.25) is 4.79 Å². The normalized spacial score (nSPS) is 23.3. The molecule has 6 nitrogen and oxygen atoms in total. The Morgan fingerprint density at radius 3 is 2.54 bits per heavy atom. The third-order valence-electron chi connectivity index (χ3n) is 5.72. The first kappa shape index (κ1) is 21.9. The van der Waals surface area contributed by atoms with Gasteiger partial charge in [0, 0.05) is 38.4 Å². The minimum Gasteiger partial charge on any atom is -0.353 e. The monoisotopic (exact) mass is 383 g/mol. The first-order chi connectivity index (χ1) is 13.5. The minimum atomic E-state index is 0.565. The van der Waals surface area contributed by atoms with Gasteiger partial charge in [-0.15, -0.1) is 0 Å². The smallest absolute Gasteiger partial charge is 0.209 e. The lowest BCUT2D eigenvalue weighted by atomic mass is 9.77. The van der Waals surface area contributed by atoms with Crippen LogP contribution < -0.4 is 10.2 Å². The van der Waals surface area contributed by atoms with Gasteiger partial charge < -0.3 is 15.1 Å². The third kappa shape index (κ3) is 6.35. The largest absolute Gasteiger partial charge is 0.353 e. The quantitative estimate of drug-likeness (QED) is 0.639. The highest BCUT2D eigenvalue weighted by Gasteiger charge is 2.24. The summed E-state index contributed by atoms with van der Waals surface area (Å²) < 4.78 is 0. The molecule has 28 heavy (non-hydrogen) atoms. The number of piperazine rings is 1. The van der Waals surface area contributed by atoms with Crippen molar-refractivity contribution in [2.75, 3.05) is 38.1 Å². The molecule has 1 saturated heterocycles. The van der Waals surface area contributed by atoms with E-state index in [1.807, 2.05) is 19.2 Å². The standard InChI is InChI=1S/C11H12N4O.C11H21N/c12-7-10-1-2-11(13-8-10)15-5-3-14(9-16)4-6-15;1-8-5-9(2)7-11(6-8)10(3)12-4/h1-2,8-9H,3-6H2;9-12H,1,5-7H2,2-4H3. The fraction of sp³-hybridized carbons (Fsp3) is 0.591. The average Bonchev–Trinajstić information content (AvgIpc) is 2.73. The Morgan fingerprint density at radius 1 is 1.32 bits per heavy atom. The summed E-state index contributed by atoms with van der Waals surface area (Å²) in [6.45, 7) is 11.7. The Kier molecular flexibility index (Phi) is 8.46. The molecule has 3 rings (SSSR count). The lowest BCUT2D eigenvalue weighted by Crippen LogP contribution is -2.46. The summed E-state index contributed by atoms with van der Waals surface area (Å²) in [5.74, 6) is 2.52. The molecule has 1 aromatic heterocycles. The average molecular weight is 384 g/mol. The fourth-order valence-corrected chi connectivity index (χ4v) is 3.94. The number of anilines is 1. The van der Waals surface area contributed by atoms with E-state index in [0.717, 1.165) is 50.2 Å². The maximum atomic E-state index is 10.5. The van der Waals surface area contributed by atoms with Crippen molar-refractivity contribution >= 4 is 12.2 Å². The number of amides is 1. The van der Waals surface area contributed by atoms with Crippen LogP contribution in [0.1, 0.15) is 38.7 Å². The van der Waals surface area contributed by atoms with E-state index in [9.17, 15) is 4.79 Å². The summed E-state index contributed by atoms with van der Waals surface area (Å²) in [5, 5.41) is 12.0. The molecule has 0 radical (unpaired) electrons. The zero-order chi connectivity index (χ0) is 20.5. The molecule has 0 bridgehead atoms. The van der Waals surface area contributed by atoms with E-state index in [0.29, 0.717) is 11.6 Å². The van der Waals surface area contributed by atoms with E-state index >= 15 is 0 Å². The molecule has 1 N–H and O–H groups in total. The SMILES string of the molecule is C=C1CC(C)CC(C(C)NC)C1.N#Cc1ccc(N2CCN(C=O)CC2)nc1. The number of nitrogens with zero attached hydrogens (tertiary/aromatic N) is 4. The third-order valence-corrected chi connectivity index (χ3v) is 5.72. The van der Waals surface area contributed by atoms with Gasteiger partial charge in [-0.2, -0.15) is 5.26 Å². The van der Waals surface area contributed by atoms with Crippen LogP contribution in [0, 0.1) is 23.2 Å². The Labute approximate surface area is 169 Å². The number of carbonyl (C=O) groups excluding carboxylic acids is 1. The summed E-state index contributed by atoms with van der Waals surface area (Å²) in [6, 6.07) is 6.28. The zero-order valence-electron chi connectivity index (χ0n) is 17.4. The minimum absolute atomic E-state index is 0.565. The van der Waals surface area contributed by atoms with Crippen molar-refractivity contribution < 1.29 is 4.79 Å². The van der Waals surface area contributed by atoms with E-state index in [1.54, 1.807) is 17.2 Å². The molecule has 0 spiro atoms. The molecular formula is C22H33N5O. The Balaban J connectivity index is 0.000000209. The maximum Gasteiger partial charge on any atom is 0.209 e. The molecule has 152 valence electrons. The second-order valence-electron chi connectivity index (χ2n) is 7.98. The van der Waals surface area contributed by atoms with E-state index in [2.05, 4.69) is 35.6 Å². The molecule has 1 aromatic rings. The van der Waals surface area contributed by atoms with E-state index < -0.39 is 0 Å². The number of hydrogen-bond donors (Lipinski definition) is 1. The second kappa shape index (κ2) is 10.8. The molecule has 2 heterocycles. The van der Waals surface area contributed by atoms with E-state index in [4.69, 9.17) is 5.26 Å².